The van der Waals surface area contributed by atoms with Crippen molar-refractivity contribution in [3.05, 3.63) is 53.3 Å². The molecule has 1 N–H and O–H groups in total. The van der Waals surface area contributed by atoms with Crippen LogP contribution in [-0.2, 0) is 6.54 Å². The highest BCUT2D eigenvalue weighted by Crippen LogP contribution is 2.24. The van der Waals surface area contributed by atoms with Crippen LogP contribution in [0.15, 0.2) is 35.0 Å². The van der Waals surface area contributed by atoms with Crippen molar-refractivity contribution in [2.45, 2.75) is 34.2 Å². The standard InChI is InChI=1S/C20H20N6O2/c1-5-26-13(4)15(10-21-26)17-9-19(28-25-17)20(27)24-14-6-7-16-18(8-14)23-12(3)11(2)22-16/h6-10H,5H2,1-4H3,(H,24,27). The summed E-state index contributed by atoms with van der Waals surface area (Å²) in [6, 6.07) is 7.03. The van der Waals surface area contributed by atoms with Gasteiger partial charge in [-0.1, -0.05) is 5.16 Å². The molecule has 4 rings (SSSR count). The number of carbonyl (C=O) groups excluding carboxylic acids is 1. The molecule has 3 heterocycles. The van der Waals surface area contributed by atoms with E-state index in [1.54, 1.807) is 24.4 Å². The minimum Gasteiger partial charge on any atom is -0.350 e. The highest BCUT2D eigenvalue weighted by molar-refractivity contribution is 6.03. The van der Waals surface area contributed by atoms with E-state index in [1.165, 1.54) is 0 Å². The zero-order valence-corrected chi connectivity index (χ0v) is 16.1. The van der Waals surface area contributed by atoms with Crippen molar-refractivity contribution < 1.29 is 9.32 Å². The van der Waals surface area contributed by atoms with Gasteiger partial charge in [0.1, 0.15) is 5.69 Å². The van der Waals surface area contributed by atoms with Crippen LogP contribution in [0, 0.1) is 20.8 Å². The Kier molecular flexibility index (Phi) is 4.38. The van der Waals surface area contributed by atoms with Gasteiger partial charge in [-0.3, -0.25) is 9.48 Å². The van der Waals surface area contributed by atoms with Crippen LogP contribution in [0.25, 0.3) is 22.3 Å². The quantitative estimate of drug-likeness (QED) is 0.583. The van der Waals surface area contributed by atoms with Gasteiger partial charge in [0.2, 0.25) is 5.76 Å². The predicted molar refractivity (Wildman–Crippen MR) is 105 cm³/mol. The maximum atomic E-state index is 12.6. The van der Waals surface area contributed by atoms with E-state index in [0.717, 1.165) is 40.2 Å². The van der Waals surface area contributed by atoms with Crippen LogP contribution >= 0.6 is 0 Å². The number of rotatable bonds is 4. The number of amides is 1. The minimum atomic E-state index is -0.379. The Morgan fingerprint density at radius 3 is 2.57 bits per heavy atom. The average molecular weight is 376 g/mol. The third-order valence-corrected chi connectivity index (χ3v) is 4.75. The molecule has 0 saturated heterocycles. The summed E-state index contributed by atoms with van der Waals surface area (Å²) in [4.78, 5) is 21.6. The van der Waals surface area contributed by atoms with Gasteiger partial charge in [-0.05, 0) is 45.9 Å². The van der Waals surface area contributed by atoms with Crippen LogP contribution in [0.3, 0.4) is 0 Å². The van der Waals surface area contributed by atoms with Crippen molar-refractivity contribution in [1.29, 1.82) is 0 Å². The van der Waals surface area contributed by atoms with Crippen LogP contribution in [0.2, 0.25) is 0 Å². The van der Waals surface area contributed by atoms with Crippen molar-refractivity contribution >= 4 is 22.6 Å². The average Bonchev–Trinajstić information content (AvgIpc) is 3.29. The number of hydrogen-bond acceptors (Lipinski definition) is 6. The molecular weight excluding hydrogens is 356 g/mol. The second kappa shape index (κ2) is 6.88. The number of fused-ring (bicyclic) bond motifs is 1. The van der Waals surface area contributed by atoms with Gasteiger partial charge in [0, 0.05) is 29.6 Å². The fourth-order valence-corrected chi connectivity index (χ4v) is 3.03. The van der Waals surface area contributed by atoms with Crippen LogP contribution in [0.5, 0.6) is 0 Å². The molecule has 0 radical (unpaired) electrons. The number of hydrogen-bond donors (Lipinski definition) is 1. The predicted octanol–water partition coefficient (Wildman–Crippen LogP) is 3.68. The first-order chi connectivity index (χ1) is 13.5. The molecule has 142 valence electrons. The molecule has 0 fully saturated rings. The van der Waals surface area contributed by atoms with Gasteiger partial charge in [-0.25, -0.2) is 9.97 Å². The van der Waals surface area contributed by atoms with Crippen LogP contribution in [0.1, 0.15) is 34.6 Å². The van der Waals surface area contributed by atoms with E-state index < -0.39 is 0 Å². The molecule has 28 heavy (non-hydrogen) atoms. The Balaban J connectivity index is 1.57. The lowest BCUT2D eigenvalue weighted by atomic mass is 10.2. The summed E-state index contributed by atoms with van der Waals surface area (Å²) < 4.78 is 7.11. The molecule has 3 aromatic heterocycles. The summed E-state index contributed by atoms with van der Waals surface area (Å²) >= 11 is 0. The van der Waals surface area contributed by atoms with E-state index in [9.17, 15) is 4.79 Å². The van der Waals surface area contributed by atoms with Crippen molar-refractivity contribution in [3.8, 4) is 11.3 Å². The normalized spacial score (nSPS) is 11.1. The molecule has 8 heteroatoms. The highest BCUT2D eigenvalue weighted by Gasteiger charge is 2.17. The molecule has 0 spiro atoms. The Bertz CT molecular complexity index is 1190. The summed E-state index contributed by atoms with van der Waals surface area (Å²) in [7, 11) is 0. The van der Waals surface area contributed by atoms with E-state index >= 15 is 0 Å². The Labute approximate surface area is 161 Å². The summed E-state index contributed by atoms with van der Waals surface area (Å²) in [5.74, 6) is -0.250. The van der Waals surface area contributed by atoms with Crippen molar-refractivity contribution in [2.24, 2.45) is 0 Å². The summed E-state index contributed by atoms with van der Waals surface area (Å²) in [5, 5.41) is 11.1. The molecule has 8 nitrogen and oxygen atoms in total. The third-order valence-electron chi connectivity index (χ3n) is 4.75. The van der Waals surface area contributed by atoms with E-state index in [1.807, 2.05) is 38.4 Å². The van der Waals surface area contributed by atoms with E-state index in [4.69, 9.17) is 4.52 Å². The lowest BCUT2D eigenvalue weighted by molar-refractivity contribution is 0.0988. The van der Waals surface area contributed by atoms with Gasteiger partial charge < -0.3 is 9.84 Å². The molecule has 0 saturated carbocycles. The van der Waals surface area contributed by atoms with Crippen LogP contribution in [0.4, 0.5) is 5.69 Å². The van der Waals surface area contributed by atoms with Gasteiger partial charge in [-0.15, -0.1) is 0 Å². The number of nitrogens with one attached hydrogen (secondary N) is 1. The molecule has 1 amide bonds. The minimum absolute atomic E-state index is 0.130. The lowest BCUT2D eigenvalue weighted by Gasteiger charge is -2.06. The van der Waals surface area contributed by atoms with Gasteiger partial charge in [0.15, 0.2) is 0 Å². The van der Waals surface area contributed by atoms with Crippen molar-refractivity contribution in [3.63, 3.8) is 0 Å². The lowest BCUT2D eigenvalue weighted by Crippen LogP contribution is -2.11. The monoisotopic (exact) mass is 376 g/mol. The number of anilines is 1. The number of aryl methyl sites for hydroxylation is 3. The summed E-state index contributed by atoms with van der Waals surface area (Å²) in [5.41, 5.74) is 6.27. The fourth-order valence-electron chi connectivity index (χ4n) is 3.03. The molecule has 0 aliphatic carbocycles. The van der Waals surface area contributed by atoms with E-state index in [2.05, 4.69) is 25.5 Å². The molecular formula is C20H20N6O2. The Hall–Kier alpha value is -3.55. The van der Waals surface area contributed by atoms with Crippen molar-refractivity contribution in [1.82, 2.24) is 24.9 Å². The van der Waals surface area contributed by atoms with Gasteiger partial charge in [0.05, 0.1) is 28.6 Å². The van der Waals surface area contributed by atoms with Crippen LogP contribution < -0.4 is 5.32 Å². The van der Waals surface area contributed by atoms with E-state index in [0.29, 0.717) is 11.4 Å². The topological polar surface area (TPSA) is 98.7 Å². The molecule has 0 aliphatic heterocycles. The molecule has 0 unspecified atom stereocenters. The summed E-state index contributed by atoms with van der Waals surface area (Å²) in [6.45, 7) is 8.57. The second-order valence-electron chi connectivity index (χ2n) is 6.59. The number of benzene rings is 1. The van der Waals surface area contributed by atoms with E-state index in [-0.39, 0.29) is 11.7 Å². The van der Waals surface area contributed by atoms with Crippen LogP contribution in [-0.4, -0.2) is 30.8 Å². The molecule has 4 aromatic rings. The Morgan fingerprint density at radius 1 is 1.11 bits per heavy atom. The smallest absolute Gasteiger partial charge is 0.294 e. The maximum Gasteiger partial charge on any atom is 0.294 e. The first kappa shape index (κ1) is 17.8. The Morgan fingerprint density at radius 2 is 1.86 bits per heavy atom. The fraction of sp³-hybridized carbons (Fsp3) is 0.250. The van der Waals surface area contributed by atoms with Gasteiger partial charge in [-0.2, -0.15) is 5.10 Å². The number of aromatic nitrogens is 5. The van der Waals surface area contributed by atoms with Gasteiger partial charge >= 0.3 is 0 Å². The number of nitrogens with zero attached hydrogens (tertiary/aromatic N) is 5. The van der Waals surface area contributed by atoms with Crippen molar-refractivity contribution in [2.75, 3.05) is 5.32 Å². The highest BCUT2D eigenvalue weighted by atomic mass is 16.5. The maximum absolute atomic E-state index is 12.6. The zero-order valence-electron chi connectivity index (χ0n) is 16.1. The zero-order chi connectivity index (χ0) is 19.8. The molecule has 0 aliphatic rings. The first-order valence-electron chi connectivity index (χ1n) is 9.02. The number of carbonyl (C=O) groups is 1. The largest absolute Gasteiger partial charge is 0.350 e. The first-order valence-corrected chi connectivity index (χ1v) is 9.02. The SMILES string of the molecule is CCn1ncc(-c2cc(C(=O)Nc3ccc4nc(C)c(C)nc4c3)on2)c1C. The molecule has 0 atom stereocenters. The van der Waals surface area contributed by atoms with Gasteiger partial charge in [0.25, 0.3) is 5.91 Å². The third kappa shape index (κ3) is 3.13. The summed E-state index contributed by atoms with van der Waals surface area (Å²) in [6.07, 6.45) is 1.73. The second-order valence-corrected chi connectivity index (χ2v) is 6.59. The molecule has 1 aromatic carbocycles. The molecule has 0 bridgehead atoms.